The molecule has 3 rings (SSSR count). The minimum atomic E-state index is -1.05. The van der Waals surface area contributed by atoms with Crippen molar-refractivity contribution in [1.29, 1.82) is 0 Å². The van der Waals surface area contributed by atoms with Crippen LogP contribution in [0.2, 0.25) is 0 Å². The summed E-state index contributed by atoms with van der Waals surface area (Å²) in [5, 5.41) is 0. The average Bonchev–Trinajstić information content (AvgIpc) is 2.83. The van der Waals surface area contributed by atoms with Gasteiger partial charge in [0.2, 0.25) is 5.95 Å². The van der Waals surface area contributed by atoms with Gasteiger partial charge in [0.15, 0.2) is 5.65 Å². The molecule has 0 aliphatic rings. The lowest BCUT2D eigenvalue weighted by Crippen LogP contribution is -2.24. The summed E-state index contributed by atoms with van der Waals surface area (Å²) in [7, 11) is 0. The van der Waals surface area contributed by atoms with E-state index in [2.05, 4.69) is 19.9 Å². The maximum Gasteiger partial charge on any atom is 0.356 e. The summed E-state index contributed by atoms with van der Waals surface area (Å²) in [6.07, 6.45) is 2.28. The number of hydrogen-bond donors (Lipinski definition) is 4. The summed E-state index contributed by atoms with van der Waals surface area (Å²) >= 11 is 4.95. The van der Waals surface area contributed by atoms with Crippen LogP contribution in [0.4, 0.5) is 10.4 Å². The molecule has 0 unspecified atom stereocenters. The molecule has 3 aromatic heterocycles. The van der Waals surface area contributed by atoms with Gasteiger partial charge in [0.25, 0.3) is 5.56 Å². The molecule has 0 fully saturated rings. The summed E-state index contributed by atoms with van der Waals surface area (Å²) in [5.41, 5.74) is 5.00. The van der Waals surface area contributed by atoms with Crippen molar-refractivity contribution in [3.63, 3.8) is 0 Å². The number of nitrogens with two attached hydrogens (primary N) is 1. The maximum atomic E-state index is 11.9. The van der Waals surface area contributed by atoms with Crippen LogP contribution in [0.15, 0.2) is 28.2 Å². The molecule has 0 spiro atoms. The highest BCUT2D eigenvalue weighted by Crippen LogP contribution is 2.06. The van der Waals surface area contributed by atoms with Crippen molar-refractivity contribution in [3.8, 4) is 0 Å². The van der Waals surface area contributed by atoms with Crippen molar-refractivity contribution in [2.75, 3.05) is 5.73 Å². The number of anilines is 1. The Morgan fingerprint density at radius 1 is 1.35 bits per heavy atom. The first-order valence-electron chi connectivity index (χ1n) is 5.14. The SMILES string of the molecule is Nc1nc2nc[nH]c2c(=S)[nH]1.O=c1ccn(F)c(=O)[nH]1. The summed E-state index contributed by atoms with van der Waals surface area (Å²) in [6.45, 7) is 0. The third-order valence-electron chi connectivity index (χ3n) is 2.10. The summed E-state index contributed by atoms with van der Waals surface area (Å²) in [4.78, 5) is 35.3. The summed E-state index contributed by atoms with van der Waals surface area (Å²) < 4.78 is 12.5. The first kappa shape index (κ1) is 13.6. The number of imidazole rings is 1. The minimum absolute atomic E-state index is 0.207. The number of aromatic nitrogens is 6. The van der Waals surface area contributed by atoms with Crippen molar-refractivity contribution in [2.45, 2.75) is 0 Å². The van der Waals surface area contributed by atoms with E-state index in [0.29, 0.717) is 15.8 Å². The fraction of sp³-hybridized carbons (Fsp3) is 0. The Labute approximate surface area is 114 Å². The molecule has 0 bridgehead atoms. The largest absolute Gasteiger partial charge is 0.369 e. The summed E-state index contributed by atoms with van der Waals surface area (Å²) in [6, 6.07) is 0.918. The number of halogens is 1. The first-order chi connectivity index (χ1) is 9.47. The van der Waals surface area contributed by atoms with E-state index in [-0.39, 0.29) is 10.7 Å². The molecule has 0 radical (unpaired) electrons. The molecule has 5 N–H and O–H groups in total. The summed E-state index contributed by atoms with van der Waals surface area (Å²) in [5.74, 6) is 0.287. The van der Waals surface area contributed by atoms with Gasteiger partial charge >= 0.3 is 5.69 Å². The van der Waals surface area contributed by atoms with Crippen molar-refractivity contribution in [2.24, 2.45) is 0 Å². The Bertz CT molecular complexity index is 909. The van der Waals surface area contributed by atoms with E-state index in [1.807, 2.05) is 0 Å². The highest BCUT2D eigenvalue weighted by Gasteiger charge is 1.99. The maximum absolute atomic E-state index is 11.9. The Morgan fingerprint density at radius 3 is 2.75 bits per heavy atom. The fourth-order valence-corrected chi connectivity index (χ4v) is 1.52. The minimum Gasteiger partial charge on any atom is -0.369 e. The van der Waals surface area contributed by atoms with Crippen molar-refractivity contribution >= 4 is 29.3 Å². The highest BCUT2D eigenvalue weighted by molar-refractivity contribution is 7.71. The number of nitrogens with one attached hydrogen (secondary N) is 3. The van der Waals surface area contributed by atoms with Crippen molar-refractivity contribution < 1.29 is 4.48 Å². The van der Waals surface area contributed by atoms with Crippen LogP contribution in [0.25, 0.3) is 11.2 Å². The number of nitrogens with zero attached hydrogens (tertiary/aromatic N) is 3. The van der Waals surface area contributed by atoms with Gasteiger partial charge in [0.05, 0.1) is 6.33 Å². The quantitative estimate of drug-likeness (QED) is 0.426. The molecule has 0 aliphatic heterocycles. The molecule has 104 valence electrons. The first-order valence-corrected chi connectivity index (χ1v) is 5.55. The second kappa shape index (κ2) is 5.44. The van der Waals surface area contributed by atoms with E-state index in [4.69, 9.17) is 18.0 Å². The molecule has 20 heavy (non-hydrogen) atoms. The molecular weight excluding hydrogens is 289 g/mol. The molecular formula is C9H8FN7O2S. The van der Waals surface area contributed by atoms with E-state index in [1.165, 1.54) is 6.33 Å². The third kappa shape index (κ3) is 2.95. The molecule has 9 nitrogen and oxygen atoms in total. The van der Waals surface area contributed by atoms with Crippen LogP contribution >= 0.6 is 12.2 Å². The Balaban J connectivity index is 0.000000151. The number of aromatic amines is 3. The van der Waals surface area contributed by atoms with E-state index in [1.54, 1.807) is 4.98 Å². The van der Waals surface area contributed by atoms with Gasteiger partial charge in [0.1, 0.15) is 10.2 Å². The van der Waals surface area contributed by atoms with Crippen LogP contribution in [0.3, 0.4) is 0 Å². The van der Waals surface area contributed by atoms with Crippen LogP contribution in [0.5, 0.6) is 0 Å². The lowest BCUT2D eigenvalue weighted by Gasteiger charge is -1.91. The standard InChI is InChI=1S/C5H5N5S.C4H3FN2O2/c6-5-9-3-2(4(11)10-5)7-1-8-3;5-7-2-1-3(8)6-4(7)9/h1H,(H4,6,7,8,9,10,11);1-2H,(H,6,8,9). The normalized spacial score (nSPS) is 10.1. The molecule has 11 heteroatoms. The van der Waals surface area contributed by atoms with Gasteiger partial charge in [-0.05, 0) is 0 Å². The molecule has 3 aromatic rings. The zero-order chi connectivity index (χ0) is 14.7. The number of H-pyrrole nitrogens is 3. The topological polar surface area (TPSA) is 138 Å². The Hall–Kier alpha value is -2.82. The highest BCUT2D eigenvalue weighted by atomic mass is 32.1. The number of rotatable bonds is 0. The lowest BCUT2D eigenvalue weighted by atomic mass is 10.6. The average molecular weight is 297 g/mol. The fourth-order valence-electron chi connectivity index (χ4n) is 1.26. The zero-order valence-corrected chi connectivity index (χ0v) is 10.6. The number of fused-ring (bicyclic) bond motifs is 1. The monoisotopic (exact) mass is 297 g/mol. The Kier molecular flexibility index (Phi) is 3.70. The molecule has 0 saturated carbocycles. The van der Waals surface area contributed by atoms with Gasteiger partial charge in [-0.1, -0.05) is 16.7 Å². The molecule has 0 amide bonds. The predicted molar refractivity (Wildman–Crippen MR) is 71.3 cm³/mol. The van der Waals surface area contributed by atoms with Gasteiger partial charge in [0, 0.05) is 12.3 Å². The van der Waals surface area contributed by atoms with E-state index in [0.717, 1.165) is 12.3 Å². The van der Waals surface area contributed by atoms with Crippen LogP contribution in [-0.4, -0.2) is 29.7 Å². The van der Waals surface area contributed by atoms with Gasteiger partial charge in [-0.15, -0.1) is 4.79 Å². The molecule has 3 heterocycles. The van der Waals surface area contributed by atoms with E-state index >= 15 is 0 Å². The smallest absolute Gasteiger partial charge is 0.356 e. The van der Waals surface area contributed by atoms with Gasteiger partial charge in [-0.25, -0.2) is 9.78 Å². The van der Waals surface area contributed by atoms with Crippen LogP contribution < -0.4 is 17.0 Å². The second-order valence-corrected chi connectivity index (χ2v) is 3.88. The van der Waals surface area contributed by atoms with Crippen LogP contribution in [0.1, 0.15) is 0 Å². The van der Waals surface area contributed by atoms with Gasteiger partial charge in [-0.2, -0.15) is 4.98 Å². The molecule has 0 atom stereocenters. The number of nitrogen functional groups attached to an aromatic ring is 1. The van der Waals surface area contributed by atoms with Crippen molar-refractivity contribution in [1.82, 2.24) is 29.7 Å². The predicted octanol–water partition coefficient (Wildman–Crippen LogP) is -0.133. The van der Waals surface area contributed by atoms with Gasteiger partial charge < -0.3 is 15.7 Å². The van der Waals surface area contributed by atoms with Crippen molar-refractivity contribution in [3.05, 3.63) is 44.1 Å². The van der Waals surface area contributed by atoms with Crippen LogP contribution in [-0.2, 0) is 0 Å². The van der Waals surface area contributed by atoms with E-state index < -0.39 is 11.2 Å². The lowest BCUT2D eigenvalue weighted by molar-refractivity contribution is 0.343. The van der Waals surface area contributed by atoms with Crippen LogP contribution in [0, 0.1) is 4.64 Å². The zero-order valence-electron chi connectivity index (χ0n) is 9.75. The third-order valence-corrected chi connectivity index (χ3v) is 2.40. The molecule has 0 aromatic carbocycles. The molecule has 0 aliphatic carbocycles. The van der Waals surface area contributed by atoms with E-state index in [9.17, 15) is 14.1 Å². The van der Waals surface area contributed by atoms with Gasteiger partial charge in [-0.3, -0.25) is 9.78 Å². The Morgan fingerprint density at radius 2 is 2.10 bits per heavy atom. The second-order valence-electron chi connectivity index (χ2n) is 3.47. The number of hydrogen-bond acceptors (Lipinski definition) is 6. The molecule has 0 saturated heterocycles.